The molecular weight excluding hydrogens is 210 g/mol. The van der Waals surface area contributed by atoms with Crippen molar-refractivity contribution in [1.82, 2.24) is 5.32 Å². The second kappa shape index (κ2) is 5.19. The average molecular weight is 231 g/mol. The molecule has 2 aliphatic heterocycles. The number of nitrogens with one attached hydrogen (secondary N) is 1. The lowest BCUT2D eigenvalue weighted by Gasteiger charge is -2.26. The molecule has 0 saturated carbocycles. The van der Waals surface area contributed by atoms with Crippen LogP contribution in [0.2, 0.25) is 0 Å². The van der Waals surface area contributed by atoms with Gasteiger partial charge >= 0.3 is 0 Å². The van der Waals surface area contributed by atoms with Crippen LogP contribution in [-0.2, 0) is 4.74 Å². The highest BCUT2D eigenvalue weighted by Crippen LogP contribution is 2.34. The van der Waals surface area contributed by atoms with Gasteiger partial charge in [-0.25, -0.2) is 0 Å². The number of hydrogen-bond acceptors (Lipinski definition) is 2. The molecule has 1 aromatic rings. The number of rotatable bonds is 2. The van der Waals surface area contributed by atoms with Crippen molar-refractivity contribution in [2.75, 3.05) is 26.3 Å². The van der Waals surface area contributed by atoms with E-state index in [-0.39, 0.29) is 0 Å². The molecule has 2 heteroatoms. The van der Waals surface area contributed by atoms with Gasteiger partial charge in [-0.15, -0.1) is 0 Å². The summed E-state index contributed by atoms with van der Waals surface area (Å²) in [5.41, 5.74) is 3.11. The summed E-state index contributed by atoms with van der Waals surface area (Å²) in [6.07, 6.45) is 3.83. The largest absolute Gasteiger partial charge is 0.381 e. The maximum absolute atomic E-state index is 5.54. The summed E-state index contributed by atoms with van der Waals surface area (Å²) >= 11 is 0. The zero-order valence-electron chi connectivity index (χ0n) is 10.3. The fraction of sp³-hybridized carbons (Fsp3) is 0.600. The molecule has 1 aromatic carbocycles. The summed E-state index contributed by atoms with van der Waals surface area (Å²) in [7, 11) is 0. The third-order valence-electron chi connectivity index (χ3n) is 4.10. The van der Waals surface area contributed by atoms with E-state index in [0.717, 1.165) is 19.8 Å². The highest BCUT2D eigenvalue weighted by molar-refractivity contribution is 5.34. The summed E-state index contributed by atoms with van der Waals surface area (Å²) in [6, 6.07) is 8.99. The average Bonchev–Trinajstić information content (AvgIpc) is 2.94. The molecule has 0 radical (unpaired) electrons. The quantitative estimate of drug-likeness (QED) is 0.845. The van der Waals surface area contributed by atoms with Crippen LogP contribution in [-0.4, -0.2) is 26.3 Å². The second-order valence-electron chi connectivity index (χ2n) is 5.23. The van der Waals surface area contributed by atoms with Crippen LogP contribution in [0.25, 0.3) is 0 Å². The smallest absolute Gasteiger partial charge is 0.0535 e. The Balaban J connectivity index is 1.86. The van der Waals surface area contributed by atoms with Gasteiger partial charge in [-0.3, -0.25) is 0 Å². The van der Waals surface area contributed by atoms with E-state index in [0.29, 0.717) is 11.8 Å². The van der Waals surface area contributed by atoms with Crippen LogP contribution in [0.4, 0.5) is 0 Å². The van der Waals surface area contributed by atoms with Gasteiger partial charge in [0.25, 0.3) is 0 Å². The Morgan fingerprint density at radius 3 is 2.53 bits per heavy atom. The summed E-state index contributed by atoms with van der Waals surface area (Å²) in [5, 5.41) is 3.52. The molecule has 2 saturated heterocycles. The van der Waals surface area contributed by atoms with Crippen LogP contribution in [0.1, 0.15) is 42.2 Å². The molecule has 0 bridgehead atoms. The highest BCUT2D eigenvalue weighted by atomic mass is 16.5. The van der Waals surface area contributed by atoms with Crippen LogP contribution in [0.5, 0.6) is 0 Å². The third kappa shape index (κ3) is 2.38. The highest BCUT2D eigenvalue weighted by Gasteiger charge is 2.24. The molecular formula is C15H21NO. The first-order valence-corrected chi connectivity index (χ1v) is 6.82. The Morgan fingerprint density at radius 2 is 1.88 bits per heavy atom. The van der Waals surface area contributed by atoms with Gasteiger partial charge in [-0.1, -0.05) is 24.3 Å². The van der Waals surface area contributed by atoms with Gasteiger partial charge in [0.2, 0.25) is 0 Å². The molecule has 2 nitrogen and oxygen atoms in total. The Kier molecular flexibility index (Phi) is 3.44. The van der Waals surface area contributed by atoms with Gasteiger partial charge in [0.1, 0.15) is 0 Å². The first kappa shape index (κ1) is 11.2. The summed E-state index contributed by atoms with van der Waals surface area (Å²) in [6.45, 7) is 4.18. The Morgan fingerprint density at radius 1 is 1.06 bits per heavy atom. The maximum Gasteiger partial charge on any atom is 0.0535 e. The minimum atomic E-state index is 0.633. The first-order valence-electron chi connectivity index (χ1n) is 6.82. The number of piperidine rings is 1. The van der Waals surface area contributed by atoms with E-state index in [1.165, 1.54) is 25.8 Å². The predicted molar refractivity (Wildman–Crippen MR) is 69.5 cm³/mol. The van der Waals surface area contributed by atoms with Crippen molar-refractivity contribution in [2.24, 2.45) is 0 Å². The molecule has 0 aliphatic carbocycles. The van der Waals surface area contributed by atoms with E-state index < -0.39 is 0 Å². The molecule has 3 rings (SSSR count). The monoisotopic (exact) mass is 231 g/mol. The van der Waals surface area contributed by atoms with Crippen molar-refractivity contribution in [1.29, 1.82) is 0 Å². The van der Waals surface area contributed by atoms with Crippen molar-refractivity contribution < 1.29 is 4.74 Å². The van der Waals surface area contributed by atoms with Crippen LogP contribution in [0, 0.1) is 0 Å². The Bertz CT molecular complexity index is 365. The van der Waals surface area contributed by atoms with Crippen LogP contribution < -0.4 is 5.32 Å². The minimum Gasteiger partial charge on any atom is -0.381 e. The summed E-state index contributed by atoms with van der Waals surface area (Å²) < 4.78 is 5.54. The van der Waals surface area contributed by atoms with Gasteiger partial charge in [-0.05, 0) is 42.9 Å². The van der Waals surface area contributed by atoms with Crippen molar-refractivity contribution in [3.05, 3.63) is 35.4 Å². The number of benzene rings is 1. The summed E-state index contributed by atoms with van der Waals surface area (Å²) in [4.78, 5) is 0. The Labute approximate surface area is 103 Å². The van der Waals surface area contributed by atoms with Gasteiger partial charge in [0.15, 0.2) is 0 Å². The van der Waals surface area contributed by atoms with E-state index in [4.69, 9.17) is 4.74 Å². The van der Waals surface area contributed by atoms with E-state index in [9.17, 15) is 0 Å². The van der Waals surface area contributed by atoms with Crippen molar-refractivity contribution in [3.63, 3.8) is 0 Å². The van der Waals surface area contributed by atoms with Gasteiger partial charge in [-0.2, -0.15) is 0 Å². The lowest BCUT2D eigenvalue weighted by molar-refractivity contribution is 0.193. The summed E-state index contributed by atoms with van der Waals surface area (Å²) in [5.74, 6) is 1.34. The fourth-order valence-electron chi connectivity index (χ4n) is 3.15. The molecule has 17 heavy (non-hydrogen) atoms. The van der Waals surface area contributed by atoms with Gasteiger partial charge < -0.3 is 10.1 Å². The zero-order valence-corrected chi connectivity index (χ0v) is 10.3. The molecule has 2 heterocycles. The zero-order chi connectivity index (χ0) is 11.5. The van der Waals surface area contributed by atoms with Crippen LogP contribution in [0.3, 0.4) is 0 Å². The standard InChI is InChI=1S/C15H21NO/c1-2-6-15(13-7-9-17-11-13)14(5-1)12-4-3-8-16-10-12/h1-2,5-6,12-13,16H,3-4,7-11H2. The van der Waals surface area contributed by atoms with E-state index in [1.807, 2.05) is 0 Å². The maximum atomic E-state index is 5.54. The van der Waals surface area contributed by atoms with Gasteiger partial charge in [0.05, 0.1) is 6.61 Å². The molecule has 2 aliphatic rings. The molecule has 1 N–H and O–H groups in total. The number of hydrogen-bond donors (Lipinski definition) is 1. The first-order chi connectivity index (χ1) is 8.45. The topological polar surface area (TPSA) is 21.3 Å². The molecule has 0 spiro atoms. The fourth-order valence-corrected chi connectivity index (χ4v) is 3.15. The normalized spacial score (nSPS) is 29.4. The minimum absolute atomic E-state index is 0.633. The van der Waals surface area contributed by atoms with E-state index >= 15 is 0 Å². The van der Waals surface area contributed by atoms with Crippen molar-refractivity contribution in [3.8, 4) is 0 Å². The SMILES string of the molecule is c1ccc(C2CCOC2)c(C2CCCNC2)c1. The van der Waals surface area contributed by atoms with E-state index in [2.05, 4.69) is 29.6 Å². The van der Waals surface area contributed by atoms with Crippen LogP contribution >= 0.6 is 0 Å². The molecule has 0 aromatic heterocycles. The molecule has 2 atom stereocenters. The third-order valence-corrected chi connectivity index (χ3v) is 4.10. The lowest BCUT2D eigenvalue weighted by Crippen LogP contribution is -2.29. The second-order valence-corrected chi connectivity index (χ2v) is 5.23. The van der Waals surface area contributed by atoms with Crippen LogP contribution in [0.15, 0.2) is 24.3 Å². The predicted octanol–water partition coefficient (Wildman–Crippen LogP) is 2.66. The van der Waals surface area contributed by atoms with Gasteiger partial charge in [0, 0.05) is 19.1 Å². The Hall–Kier alpha value is -0.860. The van der Waals surface area contributed by atoms with Crippen molar-refractivity contribution >= 4 is 0 Å². The number of ether oxygens (including phenoxy) is 1. The molecule has 2 fully saturated rings. The molecule has 92 valence electrons. The molecule has 0 amide bonds. The van der Waals surface area contributed by atoms with Crippen molar-refractivity contribution in [2.45, 2.75) is 31.1 Å². The van der Waals surface area contributed by atoms with E-state index in [1.54, 1.807) is 11.1 Å². The molecule has 2 unspecified atom stereocenters. The lowest BCUT2D eigenvalue weighted by atomic mass is 9.84.